The molecule has 1 heteroatoms. The molecule has 0 saturated heterocycles. The molecular weight excluding hydrogens is 591 g/mol. The molecule has 0 amide bonds. The van der Waals surface area contributed by atoms with Crippen LogP contribution in [0.1, 0.15) is 0 Å². The van der Waals surface area contributed by atoms with Crippen LogP contribution in [-0.4, -0.2) is 0 Å². The predicted octanol–water partition coefficient (Wildman–Crippen LogP) is 13.6. The van der Waals surface area contributed by atoms with E-state index >= 15 is 0 Å². The van der Waals surface area contributed by atoms with E-state index in [9.17, 15) is 0 Å². The number of anilines is 3. The Morgan fingerprint density at radius 3 is 1.16 bits per heavy atom. The van der Waals surface area contributed by atoms with Crippen molar-refractivity contribution in [3.8, 4) is 33.4 Å². The molecule has 0 saturated carbocycles. The summed E-state index contributed by atoms with van der Waals surface area (Å²) in [6.07, 6.45) is 0. The van der Waals surface area contributed by atoms with E-state index in [0.29, 0.717) is 0 Å². The second kappa shape index (κ2) is 12.3. The maximum atomic E-state index is 2.41. The molecule has 9 aromatic rings. The lowest BCUT2D eigenvalue weighted by atomic mass is 9.96. The van der Waals surface area contributed by atoms with E-state index in [1.165, 1.54) is 65.7 Å². The molecule has 0 heterocycles. The van der Waals surface area contributed by atoms with Crippen molar-refractivity contribution in [2.75, 3.05) is 4.90 Å². The van der Waals surface area contributed by atoms with Gasteiger partial charge in [-0.1, -0.05) is 146 Å². The second-order valence-corrected chi connectivity index (χ2v) is 12.7. The van der Waals surface area contributed by atoms with Crippen molar-refractivity contribution < 1.29 is 0 Å². The topological polar surface area (TPSA) is 3.24 Å². The molecule has 0 aliphatic heterocycles. The van der Waals surface area contributed by atoms with Gasteiger partial charge in [0.05, 0.1) is 0 Å². The summed E-state index contributed by atoms with van der Waals surface area (Å²) in [7, 11) is 0. The predicted molar refractivity (Wildman–Crippen MR) is 210 cm³/mol. The third-order valence-electron chi connectivity index (χ3n) is 9.55. The van der Waals surface area contributed by atoms with Crippen LogP contribution in [0.2, 0.25) is 0 Å². The van der Waals surface area contributed by atoms with E-state index in [0.717, 1.165) is 17.1 Å². The molecule has 0 spiro atoms. The Kier molecular flexibility index (Phi) is 7.22. The monoisotopic (exact) mass is 623 g/mol. The van der Waals surface area contributed by atoms with Crippen molar-refractivity contribution in [2.24, 2.45) is 0 Å². The molecule has 0 aliphatic carbocycles. The molecule has 1 nitrogen and oxygen atoms in total. The van der Waals surface area contributed by atoms with Crippen molar-refractivity contribution in [1.29, 1.82) is 0 Å². The molecule has 0 unspecified atom stereocenters. The lowest BCUT2D eigenvalue weighted by Gasteiger charge is -2.27. The fourth-order valence-corrected chi connectivity index (χ4v) is 7.02. The van der Waals surface area contributed by atoms with Crippen LogP contribution in [0, 0.1) is 0 Å². The molecule has 0 bridgehead atoms. The Morgan fingerprint density at radius 1 is 0.204 bits per heavy atom. The summed E-state index contributed by atoms with van der Waals surface area (Å²) in [6.45, 7) is 0. The Balaban J connectivity index is 1.25. The Labute approximate surface area is 287 Å². The van der Waals surface area contributed by atoms with E-state index in [4.69, 9.17) is 0 Å². The Morgan fingerprint density at radius 2 is 0.612 bits per heavy atom. The van der Waals surface area contributed by atoms with E-state index in [2.05, 4.69) is 205 Å². The molecule has 49 heavy (non-hydrogen) atoms. The highest BCUT2D eigenvalue weighted by Crippen LogP contribution is 2.41. The standard InChI is InChI=1S/C48H33N/c1-3-11-34(12-4-1)44-29-45(35-13-5-2-6-14-35)33-48(32-44)49(46-25-23-37-16-8-10-18-40(37)30-46)47-26-24-38-20-22-42(28-43(38)31-47)41-21-19-36-15-7-9-17-39(36)27-41/h1-33H. The number of hydrogen-bond acceptors (Lipinski definition) is 1. The number of nitrogens with zero attached hydrogens (tertiary/aromatic N) is 1. The molecule has 0 aliphatic rings. The minimum absolute atomic E-state index is 1.11. The fraction of sp³-hybridized carbons (Fsp3) is 0. The second-order valence-electron chi connectivity index (χ2n) is 12.7. The number of rotatable bonds is 6. The van der Waals surface area contributed by atoms with Crippen molar-refractivity contribution in [2.45, 2.75) is 0 Å². The average molecular weight is 624 g/mol. The zero-order valence-corrected chi connectivity index (χ0v) is 27.0. The Hall–Kier alpha value is -6.44. The lowest BCUT2D eigenvalue weighted by Crippen LogP contribution is -2.10. The van der Waals surface area contributed by atoms with Crippen LogP contribution >= 0.6 is 0 Å². The first-order valence-corrected chi connectivity index (χ1v) is 16.8. The molecule has 0 radical (unpaired) electrons. The summed E-state index contributed by atoms with van der Waals surface area (Å²) in [4.78, 5) is 2.41. The van der Waals surface area contributed by atoms with Crippen molar-refractivity contribution in [1.82, 2.24) is 0 Å². The van der Waals surface area contributed by atoms with Gasteiger partial charge in [-0.25, -0.2) is 0 Å². The van der Waals surface area contributed by atoms with E-state index in [1.807, 2.05) is 0 Å². The van der Waals surface area contributed by atoms with Gasteiger partial charge >= 0.3 is 0 Å². The normalized spacial score (nSPS) is 11.3. The largest absolute Gasteiger partial charge is 0.310 e. The first kappa shape index (κ1) is 28.8. The third kappa shape index (κ3) is 5.62. The molecule has 0 atom stereocenters. The minimum Gasteiger partial charge on any atom is -0.310 e. The van der Waals surface area contributed by atoms with Gasteiger partial charge in [-0.15, -0.1) is 0 Å². The van der Waals surface area contributed by atoms with Gasteiger partial charge in [-0.3, -0.25) is 0 Å². The SMILES string of the molecule is c1ccc(-c2cc(-c3ccccc3)cc(N(c3ccc4ccccc4c3)c3ccc4ccc(-c5ccc6ccccc6c5)cc4c3)c2)cc1. The van der Waals surface area contributed by atoms with E-state index in [1.54, 1.807) is 0 Å². The van der Waals surface area contributed by atoms with Gasteiger partial charge in [0.15, 0.2) is 0 Å². The van der Waals surface area contributed by atoms with Crippen molar-refractivity contribution in [3.05, 3.63) is 200 Å². The van der Waals surface area contributed by atoms with Gasteiger partial charge in [-0.2, -0.15) is 0 Å². The summed E-state index contributed by atoms with van der Waals surface area (Å²) < 4.78 is 0. The average Bonchev–Trinajstić information content (AvgIpc) is 3.18. The minimum atomic E-state index is 1.11. The molecule has 0 N–H and O–H groups in total. The fourth-order valence-electron chi connectivity index (χ4n) is 7.02. The summed E-state index contributed by atoms with van der Waals surface area (Å²) in [5, 5.41) is 7.38. The van der Waals surface area contributed by atoms with Crippen molar-refractivity contribution in [3.63, 3.8) is 0 Å². The number of hydrogen-bond donors (Lipinski definition) is 0. The summed E-state index contributed by atoms with van der Waals surface area (Å²) in [5.41, 5.74) is 10.5. The molecule has 0 aromatic heterocycles. The number of fused-ring (bicyclic) bond motifs is 3. The highest BCUT2D eigenvalue weighted by atomic mass is 15.1. The summed E-state index contributed by atoms with van der Waals surface area (Å²) in [5.74, 6) is 0. The van der Waals surface area contributed by atoms with Crippen LogP contribution in [0.5, 0.6) is 0 Å². The first-order valence-electron chi connectivity index (χ1n) is 16.8. The quantitative estimate of drug-likeness (QED) is 0.178. The zero-order chi connectivity index (χ0) is 32.6. The van der Waals surface area contributed by atoms with Gasteiger partial charge in [0.25, 0.3) is 0 Å². The summed E-state index contributed by atoms with van der Waals surface area (Å²) >= 11 is 0. The zero-order valence-electron chi connectivity index (χ0n) is 27.0. The van der Waals surface area contributed by atoms with Gasteiger partial charge < -0.3 is 4.90 Å². The van der Waals surface area contributed by atoms with Gasteiger partial charge in [0.2, 0.25) is 0 Å². The van der Waals surface area contributed by atoms with Gasteiger partial charge in [0, 0.05) is 17.1 Å². The highest BCUT2D eigenvalue weighted by molar-refractivity contribution is 5.96. The van der Waals surface area contributed by atoms with Crippen molar-refractivity contribution >= 4 is 49.4 Å². The third-order valence-corrected chi connectivity index (χ3v) is 9.55. The van der Waals surface area contributed by atoms with Crippen LogP contribution in [-0.2, 0) is 0 Å². The van der Waals surface area contributed by atoms with Crippen LogP contribution in [0.15, 0.2) is 200 Å². The van der Waals surface area contributed by atoms with E-state index < -0.39 is 0 Å². The van der Waals surface area contributed by atoms with Crippen LogP contribution in [0.4, 0.5) is 17.1 Å². The number of benzene rings is 9. The van der Waals surface area contributed by atoms with Gasteiger partial charge in [0.1, 0.15) is 0 Å². The van der Waals surface area contributed by atoms with Crippen LogP contribution < -0.4 is 4.90 Å². The first-order chi connectivity index (χ1) is 24.2. The highest BCUT2D eigenvalue weighted by Gasteiger charge is 2.17. The maximum Gasteiger partial charge on any atom is 0.0473 e. The molecule has 0 fully saturated rings. The molecule has 9 aromatic carbocycles. The van der Waals surface area contributed by atoms with Gasteiger partial charge in [-0.05, 0) is 120 Å². The van der Waals surface area contributed by atoms with Crippen LogP contribution in [0.25, 0.3) is 65.7 Å². The Bertz CT molecular complexity index is 2550. The summed E-state index contributed by atoms with van der Waals surface area (Å²) in [6, 6.07) is 72.7. The maximum absolute atomic E-state index is 2.41. The molecule has 9 rings (SSSR count). The lowest BCUT2D eigenvalue weighted by molar-refractivity contribution is 1.29. The van der Waals surface area contributed by atoms with Crippen LogP contribution in [0.3, 0.4) is 0 Å². The molecular formula is C48H33N. The van der Waals surface area contributed by atoms with E-state index in [-0.39, 0.29) is 0 Å². The smallest absolute Gasteiger partial charge is 0.0473 e. The molecule has 230 valence electrons.